The first-order valence-corrected chi connectivity index (χ1v) is 8.69. The third-order valence-electron chi connectivity index (χ3n) is 5.58. The Morgan fingerprint density at radius 2 is 2.08 bits per heavy atom. The van der Waals surface area contributed by atoms with Crippen molar-refractivity contribution in [2.75, 3.05) is 18.0 Å². The highest BCUT2D eigenvalue weighted by Gasteiger charge is 2.57. The minimum atomic E-state index is -1.44. The molecule has 1 aliphatic heterocycles. The number of aromatic carboxylic acids is 1. The summed E-state index contributed by atoms with van der Waals surface area (Å²) >= 11 is 0. The van der Waals surface area contributed by atoms with Gasteiger partial charge in [0.1, 0.15) is 5.75 Å². The Labute approximate surface area is 150 Å². The van der Waals surface area contributed by atoms with Crippen LogP contribution in [0.1, 0.15) is 29.3 Å². The van der Waals surface area contributed by atoms with E-state index in [4.69, 9.17) is 10.8 Å². The number of carboxylic acids is 1. The number of carboxylic acid groups (broad SMARTS) is 1. The Hall–Kier alpha value is -2.80. The van der Waals surface area contributed by atoms with E-state index in [9.17, 15) is 14.7 Å². The second-order valence-electron chi connectivity index (χ2n) is 7.25. The fraction of sp³-hybridized carbons (Fsp3) is 0.368. The normalized spacial score (nSPS) is 23.8. The molecule has 1 saturated carbocycles. The monoisotopic (exact) mass is 355 g/mol. The third-order valence-corrected chi connectivity index (χ3v) is 5.58. The first kappa shape index (κ1) is 16.7. The smallest absolute Gasteiger partial charge is 0.345 e. The number of piperidine rings is 1. The number of fused-ring (bicyclic) bond motifs is 1. The summed E-state index contributed by atoms with van der Waals surface area (Å²) in [4.78, 5) is 28.2. The zero-order chi connectivity index (χ0) is 18.6. The zero-order valence-electron chi connectivity index (χ0n) is 14.5. The number of nitrogens with two attached hydrogens (primary N) is 1. The van der Waals surface area contributed by atoms with Gasteiger partial charge in [-0.05, 0) is 36.5 Å². The Morgan fingerprint density at radius 1 is 1.38 bits per heavy atom. The standard InChI is InChI=1S/C19H21N3O4/c1-2-13-15(21-17(24)14(16(13)23)18(25)26)10-3-5-12(6-4-10)22-8-11-7-19(11,20)9-22/h3-6,11H,2,7-9,20H2,1H3,(H,25,26)(H2,21,23,24). The number of nitrogens with zero attached hydrogens (tertiary/aromatic N) is 1. The summed E-state index contributed by atoms with van der Waals surface area (Å²) in [5.74, 6) is -1.33. The van der Waals surface area contributed by atoms with Gasteiger partial charge in [-0.1, -0.05) is 19.1 Å². The molecule has 0 bridgehead atoms. The number of aromatic amines is 1. The summed E-state index contributed by atoms with van der Waals surface area (Å²) < 4.78 is 0. The maximum Gasteiger partial charge on any atom is 0.345 e. The van der Waals surface area contributed by atoms with Gasteiger partial charge in [0.25, 0.3) is 5.56 Å². The first-order chi connectivity index (χ1) is 12.3. The molecule has 0 spiro atoms. The molecule has 7 heteroatoms. The highest BCUT2D eigenvalue weighted by atomic mass is 16.4. The molecular weight excluding hydrogens is 334 g/mol. The van der Waals surface area contributed by atoms with Gasteiger partial charge in [0.05, 0.1) is 5.69 Å². The minimum absolute atomic E-state index is 0.0300. The first-order valence-electron chi connectivity index (χ1n) is 8.69. The number of hydrogen-bond donors (Lipinski definition) is 4. The molecule has 1 saturated heterocycles. The quantitative estimate of drug-likeness (QED) is 0.660. The van der Waals surface area contributed by atoms with Gasteiger partial charge in [0.2, 0.25) is 0 Å². The molecule has 2 fully saturated rings. The number of nitrogens with one attached hydrogen (secondary N) is 1. The van der Waals surface area contributed by atoms with Gasteiger partial charge < -0.3 is 25.8 Å². The van der Waals surface area contributed by atoms with E-state index in [-0.39, 0.29) is 5.54 Å². The molecule has 2 aromatic rings. The average molecular weight is 355 g/mol. The van der Waals surface area contributed by atoms with Crippen LogP contribution in [0.2, 0.25) is 0 Å². The predicted molar refractivity (Wildman–Crippen MR) is 97.7 cm³/mol. The maximum absolute atomic E-state index is 12.1. The molecule has 1 aliphatic carbocycles. The fourth-order valence-electron chi connectivity index (χ4n) is 3.98. The molecule has 0 radical (unpaired) electrons. The Balaban J connectivity index is 1.69. The van der Waals surface area contributed by atoms with E-state index in [1.165, 1.54) is 0 Å². The lowest BCUT2D eigenvalue weighted by Gasteiger charge is -2.22. The van der Waals surface area contributed by atoms with E-state index in [1.807, 2.05) is 24.3 Å². The van der Waals surface area contributed by atoms with Crippen LogP contribution in [0.15, 0.2) is 29.1 Å². The molecule has 5 N–H and O–H groups in total. The van der Waals surface area contributed by atoms with Gasteiger partial charge in [-0.2, -0.15) is 0 Å². The summed E-state index contributed by atoms with van der Waals surface area (Å²) in [6.07, 6.45) is 1.49. The van der Waals surface area contributed by atoms with Crippen molar-refractivity contribution in [3.8, 4) is 17.0 Å². The van der Waals surface area contributed by atoms with Crippen LogP contribution in [0.5, 0.6) is 5.75 Å². The second-order valence-corrected chi connectivity index (χ2v) is 7.25. The predicted octanol–water partition coefficient (Wildman–Crippen LogP) is 1.55. The number of pyridine rings is 1. The summed E-state index contributed by atoms with van der Waals surface area (Å²) in [5.41, 5.74) is 7.45. The van der Waals surface area contributed by atoms with Crippen LogP contribution in [-0.4, -0.2) is 39.8 Å². The number of anilines is 1. The van der Waals surface area contributed by atoms with E-state index in [0.717, 1.165) is 30.8 Å². The van der Waals surface area contributed by atoms with Crippen LogP contribution in [0.4, 0.5) is 5.69 Å². The van der Waals surface area contributed by atoms with E-state index in [0.29, 0.717) is 23.6 Å². The van der Waals surface area contributed by atoms with Crippen molar-refractivity contribution in [3.05, 3.63) is 45.7 Å². The zero-order valence-corrected chi connectivity index (χ0v) is 14.5. The minimum Gasteiger partial charge on any atom is -0.506 e. The van der Waals surface area contributed by atoms with Crippen molar-refractivity contribution < 1.29 is 15.0 Å². The lowest BCUT2D eigenvalue weighted by atomic mass is 10.0. The van der Waals surface area contributed by atoms with Gasteiger partial charge in [0, 0.05) is 29.9 Å². The lowest BCUT2D eigenvalue weighted by Crippen LogP contribution is -2.33. The second kappa shape index (κ2) is 5.60. The Kier molecular flexibility index (Phi) is 3.59. The topological polar surface area (TPSA) is 120 Å². The van der Waals surface area contributed by atoms with Crippen LogP contribution in [-0.2, 0) is 6.42 Å². The van der Waals surface area contributed by atoms with E-state index < -0.39 is 22.8 Å². The largest absolute Gasteiger partial charge is 0.506 e. The van der Waals surface area contributed by atoms with Crippen molar-refractivity contribution >= 4 is 11.7 Å². The van der Waals surface area contributed by atoms with Gasteiger partial charge in [-0.15, -0.1) is 0 Å². The van der Waals surface area contributed by atoms with E-state index in [1.54, 1.807) is 6.92 Å². The molecule has 2 unspecified atom stereocenters. The van der Waals surface area contributed by atoms with Gasteiger partial charge in [-0.25, -0.2) is 4.79 Å². The Bertz CT molecular complexity index is 950. The molecule has 1 aromatic heterocycles. The summed E-state index contributed by atoms with van der Waals surface area (Å²) in [5, 5.41) is 19.4. The number of aromatic nitrogens is 1. The van der Waals surface area contributed by atoms with Crippen LogP contribution < -0.4 is 16.2 Å². The SMILES string of the molecule is CCc1c(-c2ccc(N3CC4CC4(N)C3)cc2)[nH]c(=O)c(C(=O)O)c1O. The third kappa shape index (κ3) is 2.47. The highest BCUT2D eigenvalue weighted by Crippen LogP contribution is 2.48. The lowest BCUT2D eigenvalue weighted by molar-refractivity contribution is 0.0691. The molecule has 2 atom stereocenters. The molecule has 7 nitrogen and oxygen atoms in total. The number of benzene rings is 1. The molecule has 1 aromatic carbocycles. The van der Waals surface area contributed by atoms with Crippen molar-refractivity contribution in [2.45, 2.75) is 25.3 Å². The number of rotatable bonds is 4. The van der Waals surface area contributed by atoms with Crippen molar-refractivity contribution in [1.29, 1.82) is 0 Å². The molecule has 2 aliphatic rings. The highest BCUT2D eigenvalue weighted by molar-refractivity contribution is 5.92. The molecule has 0 amide bonds. The Morgan fingerprint density at radius 3 is 2.62 bits per heavy atom. The number of aromatic hydroxyl groups is 1. The van der Waals surface area contributed by atoms with Crippen molar-refractivity contribution in [1.82, 2.24) is 4.98 Å². The molecule has 136 valence electrons. The molecule has 2 heterocycles. The molecule has 4 rings (SSSR count). The summed E-state index contributed by atoms with van der Waals surface area (Å²) in [6.45, 7) is 3.61. The van der Waals surface area contributed by atoms with Gasteiger partial charge in [-0.3, -0.25) is 4.79 Å². The number of hydrogen-bond acceptors (Lipinski definition) is 5. The number of carbonyl (C=O) groups is 1. The summed E-state index contributed by atoms with van der Waals surface area (Å²) in [6, 6.07) is 7.66. The van der Waals surface area contributed by atoms with Crippen LogP contribution in [0, 0.1) is 5.92 Å². The van der Waals surface area contributed by atoms with Crippen molar-refractivity contribution in [3.63, 3.8) is 0 Å². The van der Waals surface area contributed by atoms with E-state index in [2.05, 4.69) is 9.88 Å². The maximum atomic E-state index is 12.1. The van der Waals surface area contributed by atoms with Crippen molar-refractivity contribution in [2.24, 2.45) is 11.7 Å². The van der Waals surface area contributed by atoms with Crippen LogP contribution in [0.25, 0.3) is 11.3 Å². The summed E-state index contributed by atoms with van der Waals surface area (Å²) in [7, 11) is 0. The van der Waals surface area contributed by atoms with Gasteiger partial charge >= 0.3 is 5.97 Å². The van der Waals surface area contributed by atoms with E-state index >= 15 is 0 Å². The molecular formula is C19H21N3O4. The average Bonchev–Trinajstić information content (AvgIpc) is 3.11. The van der Waals surface area contributed by atoms with Crippen LogP contribution >= 0.6 is 0 Å². The number of H-pyrrole nitrogens is 1. The van der Waals surface area contributed by atoms with Crippen LogP contribution in [0.3, 0.4) is 0 Å². The molecule has 26 heavy (non-hydrogen) atoms. The fourth-order valence-corrected chi connectivity index (χ4v) is 3.98. The van der Waals surface area contributed by atoms with Gasteiger partial charge in [0.15, 0.2) is 5.56 Å².